The maximum atomic E-state index is 6.32. The number of rotatable bonds is 13. The predicted molar refractivity (Wildman–Crippen MR) is 109 cm³/mol. The first-order valence-electron chi connectivity index (χ1n) is 9.71. The number of benzene rings is 1. The van der Waals surface area contributed by atoms with Crippen molar-refractivity contribution in [2.24, 2.45) is 0 Å². The fourth-order valence-corrected chi connectivity index (χ4v) is 3.62. The van der Waals surface area contributed by atoms with E-state index in [4.69, 9.17) is 23.2 Å². The zero-order valence-electron chi connectivity index (χ0n) is 15.9. The van der Waals surface area contributed by atoms with Gasteiger partial charge in [0, 0.05) is 5.56 Å². The Morgan fingerprint density at radius 2 is 1.33 bits per heavy atom. The number of unbranched alkanes of at least 4 members (excludes halogenated alkanes) is 9. The van der Waals surface area contributed by atoms with Crippen molar-refractivity contribution in [2.75, 3.05) is 20.6 Å². The molecule has 0 spiro atoms. The third kappa shape index (κ3) is 9.30. The van der Waals surface area contributed by atoms with Crippen LogP contribution in [0.4, 0.5) is 0 Å². The highest BCUT2D eigenvalue weighted by Gasteiger charge is 2.18. The van der Waals surface area contributed by atoms with Crippen LogP contribution in [-0.4, -0.2) is 25.1 Å². The Balaban J connectivity index is 2.14. The lowest BCUT2D eigenvalue weighted by molar-refractivity contribution is -0.903. The van der Waals surface area contributed by atoms with Gasteiger partial charge in [-0.05, 0) is 18.9 Å². The van der Waals surface area contributed by atoms with Crippen LogP contribution in [0.3, 0.4) is 0 Å². The van der Waals surface area contributed by atoms with Crippen molar-refractivity contribution in [3.63, 3.8) is 0 Å². The monoisotopic (exact) mass is 372 g/mol. The van der Waals surface area contributed by atoms with E-state index in [1.807, 2.05) is 12.1 Å². The standard InChI is InChI=1S/C21H36Cl2N/c1-4-5-6-7-8-9-10-11-12-13-17-24(2,3)18-19-15-14-16-20(22)21(19)23/h14-16H,4-13,17-18H2,1-3H3/q+1. The molecule has 1 rings (SSSR count). The zero-order chi connectivity index (χ0) is 17.8. The Morgan fingerprint density at radius 3 is 1.92 bits per heavy atom. The summed E-state index contributed by atoms with van der Waals surface area (Å²) < 4.78 is 0.969. The third-order valence-electron chi connectivity index (χ3n) is 4.75. The number of halogens is 2. The van der Waals surface area contributed by atoms with Crippen LogP contribution in [0.15, 0.2) is 18.2 Å². The first-order chi connectivity index (χ1) is 11.5. The molecule has 0 aromatic heterocycles. The van der Waals surface area contributed by atoms with Gasteiger partial charge in [-0.1, -0.05) is 93.6 Å². The Bertz CT molecular complexity index is 457. The van der Waals surface area contributed by atoms with Crippen LogP contribution in [0.1, 0.15) is 76.7 Å². The Hall–Kier alpha value is -0.240. The van der Waals surface area contributed by atoms with Crippen molar-refractivity contribution in [3.8, 4) is 0 Å². The highest BCUT2D eigenvalue weighted by atomic mass is 35.5. The molecule has 3 heteroatoms. The minimum atomic E-state index is 0.660. The second-order valence-corrected chi connectivity index (χ2v) is 8.50. The molecule has 0 N–H and O–H groups in total. The Kier molecular flexibility index (Phi) is 11.1. The normalized spacial score (nSPS) is 11.9. The molecular weight excluding hydrogens is 337 g/mol. The van der Waals surface area contributed by atoms with Crippen molar-refractivity contribution in [2.45, 2.75) is 77.7 Å². The van der Waals surface area contributed by atoms with E-state index in [1.54, 1.807) is 0 Å². The van der Waals surface area contributed by atoms with Crippen molar-refractivity contribution < 1.29 is 4.48 Å². The Labute approximate surface area is 159 Å². The molecule has 0 bridgehead atoms. The highest BCUT2D eigenvalue weighted by molar-refractivity contribution is 6.42. The molecular formula is C21H36Cl2N+. The van der Waals surface area contributed by atoms with Crippen LogP contribution >= 0.6 is 23.2 Å². The van der Waals surface area contributed by atoms with Crippen LogP contribution in [0, 0.1) is 0 Å². The largest absolute Gasteiger partial charge is 0.325 e. The molecule has 138 valence electrons. The lowest BCUT2D eigenvalue weighted by Gasteiger charge is -2.30. The van der Waals surface area contributed by atoms with Gasteiger partial charge in [0.05, 0.1) is 30.7 Å². The van der Waals surface area contributed by atoms with E-state index in [-0.39, 0.29) is 0 Å². The number of hydrogen-bond donors (Lipinski definition) is 0. The summed E-state index contributed by atoms with van der Waals surface area (Å²) in [5, 5.41) is 1.38. The van der Waals surface area contributed by atoms with Crippen LogP contribution in [0.25, 0.3) is 0 Å². The van der Waals surface area contributed by atoms with Gasteiger partial charge < -0.3 is 4.48 Å². The molecule has 1 aromatic carbocycles. The van der Waals surface area contributed by atoms with Crippen LogP contribution in [0.2, 0.25) is 10.0 Å². The molecule has 0 fully saturated rings. The average molecular weight is 373 g/mol. The Morgan fingerprint density at radius 1 is 0.792 bits per heavy atom. The first-order valence-corrected chi connectivity index (χ1v) is 10.5. The van der Waals surface area contributed by atoms with E-state index in [2.05, 4.69) is 27.1 Å². The van der Waals surface area contributed by atoms with Gasteiger partial charge in [-0.15, -0.1) is 0 Å². The van der Waals surface area contributed by atoms with Crippen molar-refractivity contribution >= 4 is 23.2 Å². The van der Waals surface area contributed by atoms with Gasteiger partial charge >= 0.3 is 0 Å². The summed E-state index contributed by atoms with van der Waals surface area (Å²) in [6.45, 7) is 4.41. The second-order valence-electron chi connectivity index (χ2n) is 7.71. The van der Waals surface area contributed by atoms with Gasteiger partial charge in [0.25, 0.3) is 0 Å². The quantitative estimate of drug-likeness (QED) is 0.248. The molecule has 0 saturated heterocycles. The smallest absolute Gasteiger partial charge is 0.105 e. The second kappa shape index (κ2) is 12.2. The summed E-state index contributed by atoms with van der Waals surface area (Å²) in [6, 6.07) is 5.94. The molecule has 1 nitrogen and oxygen atoms in total. The van der Waals surface area contributed by atoms with Gasteiger partial charge in [0.2, 0.25) is 0 Å². The SMILES string of the molecule is CCCCCCCCCCCC[N+](C)(C)Cc1cccc(Cl)c1Cl. The fraction of sp³-hybridized carbons (Fsp3) is 0.714. The molecule has 0 aliphatic rings. The topological polar surface area (TPSA) is 0 Å². The number of nitrogens with zero attached hydrogens (tertiary/aromatic N) is 1. The molecule has 0 saturated carbocycles. The van der Waals surface area contributed by atoms with Gasteiger partial charge in [0.15, 0.2) is 0 Å². The summed E-state index contributed by atoms with van der Waals surface area (Å²) in [5.41, 5.74) is 1.15. The maximum absolute atomic E-state index is 6.32. The minimum Gasteiger partial charge on any atom is -0.325 e. The third-order valence-corrected chi connectivity index (χ3v) is 5.60. The molecule has 0 amide bonds. The van der Waals surface area contributed by atoms with Crippen molar-refractivity contribution in [1.82, 2.24) is 0 Å². The molecule has 0 aliphatic carbocycles. The van der Waals surface area contributed by atoms with Gasteiger partial charge in [-0.3, -0.25) is 0 Å². The summed E-state index contributed by atoms with van der Waals surface area (Å²) in [5.74, 6) is 0. The van der Waals surface area contributed by atoms with Gasteiger partial charge in [-0.25, -0.2) is 0 Å². The fourth-order valence-electron chi connectivity index (χ4n) is 3.24. The molecule has 0 unspecified atom stereocenters. The van der Waals surface area contributed by atoms with E-state index in [0.717, 1.165) is 16.6 Å². The molecule has 24 heavy (non-hydrogen) atoms. The van der Waals surface area contributed by atoms with Crippen LogP contribution in [0.5, 0.6) is 0 Å². The lowest BCUT2D eigenvalue weighted by Crippen LogP contribution is -2.39. The first kappa shape index (κ1) is 21.8. The minimum absolute atomic E-state index is 0.660. The number of quaternary nitrogens is 1. The van der Waals surface area contributed by atoms with Gasteiger partial charge in [-0.2, -0.15) is 0 Å². The van der Waals surface area contributed by atoms with Crippen LogP contribution < -0.4 is 0 Å². The number of hydrogen-bond acceptors (Lipinski definition) is 0. The maximum Gasteiger partial charge on any atom is 0.105 e. The molecule has 0 heterocycles. The summed E-state index contributed by atoms with van der Waals surface area (Å²) >= 11 is 12.4. The van der Waals surface area contributed by atoms with Crippen molar-refractivity contribution in [3.05, 3.63) is 33.8 Å². The lowest BCUT2D eigenvalue weighted by atomic mass is 10.1. The summed E-state index contributed by atoms with van der Waals surface area (Å²) in [4.78, 5) is 0. The van der Waals surface area contributed by atoms with E-state index in [0.29, 0.717) is 10.0 Å². The van der Waals surface area contributed by atoms with E-state index in [9.17, 15) is 0 Å². The molecule has 0 radical (unpaired) electrons. The predicted octanol–water partition coefficient (Wildman–Crippen LogP) is 7.49. The van der Waals surface area contributed by atoms with Crippen LogP contribution in [-0.2, 0) is 6.54 Å². The van der Waals surface area contributed by atoms with E-state index >= 15 is 0 Å². The van der Waals surface area contributed by atoms with E-state index < -0.39 is 0 Å². The molecule has 1 aromatic rings. The van der Waals surface area contributed by atoms with Crippen molar-refractivity contribution in [1.29, 1.82) is 0 Å². The zero-order valence-corrected chi connectivity index (χ0v) is 17.4. The average Bonchev–Trinajstić information content (AvgIpc) is 2.53. The van der Waals surface area contributed by atoms with Gasteiger partial charge in [0.1, 0.15) is 6.54 Å². The van der Waals surface area contributed by atoms with E-state index in [1.165, 1.54) is 70.8 Å². The highest BCUT2D eigenvalue weighted by Crippen LogP contribution is 2.27. The summed E-state index contributed by atoms with van der Waals surface area (Å²) in [6.07, 6.45) is 13.9. The molecule has 0 aliphatic heterocycles. The molecule has 0 atom stereocenters. The summed E-state index contributed by atoms with van der Waals surface area (Å²) in [7, 11) is 4.57.